The number of thiocarbonyl (C=S) groups is 1. The van der Waals surface area contributed by atoms with Gasteiger partial charge in [-0.15, -0.1) is 0 Å². The first-order valence-corrected chi connectivity index (χ1v) is 9.02. The van der Waals surface area contributed by atoms with Gasteiger partial charge in [-0.2, -0.15) is 0 Å². The number of carbonyl (C=O) groups excluding carboxylic acids is 2. The molecular weight excluding hydrogens is 358 g/mol. The number of primary amides is 1. The second kappa shape index (κ2) is 10.2. The van der Waals surface area contributed by atoms with Crippen molar-refractivity contribution in [3.8, 4) is 0 Å². The van der Waals surface area contributed by atoms with E-state index in [0.717, 1.165) is 16.7 Å². The van der Waals surface area contributed by atoms with Gasteiger partial charge in [-0.1, -0.05) is 60.2 Å². The van der Waals surface area contributed by atoms with Crippen LogP contribution in [-0.4, -0.2) is 28.4 Å². The summed E-state index contributed by atoms with van der Waals surface area (Å²) in [6, 6.07) is 17.5. The highest BCUT2D eigenvalue weighted by Crippen LogP contribution is 2.07. The lowest BCUT2D eigenvalue weighted by Gasteiger charge is -2.24. The second-order valence-corrected chi connectivity index (χ2v) is 6.55. The van der Waals surface area contributed by atoms with E-state index in [2.05, 4.69) is 5.32 Å². The zero-order chi connectivity index (χ0) is 19.6. The summed E-state index contributed by atoms with van der Waals surface area (Å²) in [5.41, 5.74) is 8.36. The predicted molar refractivity (Wildman–Crippen MR) is 112 cm³/mol. The van der Waals surface area contributed by atoms with Crippen LogP contribution in [0.5, 0.6) is 0 Å². The van der Waals surface area contributed by atoms with Crippen molar-refractivity contribution in [3.05, 3.63) is 77.4 Å². The third-order valence-electron chi connectivity index (χ3n) is 3.87. The van der Waals surface area contributed by atoms with Gasteiger partial charge >= 0.3 is 0 Å². The van der Waals surface area contributed by atoms with E-state index in [9.17, 15) is 9.59 Å². The van der Waals surface area contributed by atoms with Crippen molar-refractivity contribution in [1.82, 2.24) is 10.2 Å². The van der Waals surface area contributed by atoms with Gasteiger partial charge in [-0.3, -0.25) is 14.9 Å². The molecule has 0 saturated carbocycles. The molecule has 27 heavy (non-hydrogen) atoms. The molecular formula is C21H23N3O2S. The molecule has 0 bridgehead atoms. The normalized spacial score (nSPS) is 10.6. The topological polar surface area (TPSA) is 75.4 Å². The molecule has 0 fully saturated rings. The summed E-state index contributed by atoms with van der Waals surface area (Å²) >= 11 is 5.36. The number of carbonyl (C=O) groups is 2. The Hall–Kier alpha value is -2.99. The van der Waals surface area contributed by atoms with Crippen LogP contribution in [0, 0.1) is 6.92 Å². The highest BCUT2D eigenvalue weighted by atomic mass is 32.1. The van der Waals surface area contributed by atoms with E-state index >= 15 is 0 Å². The molecule has 0 spiro atoms. The molecule has 2 aromatic carbocycles. The molecule has 2 amide bonds. The van der Waals surface area contributed by atoms with Gasteiger partial charge < -0.3 is 10.6 Å². The van der Waals surface area contributed by atoms with Gasteiger partial charge in [-0.25, -0.2) is 0 Å². The Balaban J connectivity index is 1.99. The minimum Gasteiger partial charge on any atom is -0.370 e. The first kappa shape index (κ1) is 20.3. The number of aryl methyl sites for hydroxylation is 1. The van der Waals surface area contributed by atoms with Crippen molar-refractivity contribution in [2.75, 3.05) is 6.54 Å². The van der Waals surface area contributed by atoms with Crippen molar-refractivity contribution in [2.45, 2.75) is 19.9 Å². The lowest BCUT2D eigenvalue weighted by atomic mass is 10.1. The molecule has 0 atom stereocenters. The maximum Gasteiger partial charge on any atom is 0.250 e. The molecule has 0 radical (unpaired) electrons. The molecule has 6 heteroatoms. The monoisotopic (exact) mass is 381 g/mol. The smallest absolute Gasteiger partial charge is 0.250 e. The van der Waals surface area contributed by atoms with Crippen LogP contribution >= 0.6 is 12.2 Å². The largest absolute Gasteiger partial charge is 0.370 e. The van der Waals surface area contributed by atoms with Crippen LogP contribution in [0.25, 0.3) is 6.08 Å². The molecule has 0 unspecified atom stereocenters. The van der Waals surface area contributed by atoms with Crippen LogP contribution in [-0.2, 0) is 16.1 Å². The lowest BCUT2D eigenvalue weighted by molar-refractivity contribution is -0.118. The quantitative estimate of drug-likeness (QED) is 0.571. The fraction of sp³-hybridized carbons (Fsp3) is 0.190. The third-order valence-corrected chi connectivity index (χ3v) is 4.23. The standard InChI is InChI=1S/C21H23N3O2S/c1-16-7-9-17(10-8-16)11-12-20(26)23-21(27)24(14-13-19(22)25)15-18-5-3-2-4-6-18/h2-12H,13-15H2,1H3,(H2,22,25)(H,23,26,27)/b12-11+. The molecule has 3 N–H and O–H groups in total. The summed E-state index contributed by atoms with van der Waals surface area (Å²) in [4.78, 5) is 25.1. The van der Waals surface area contributed by atoms with Crippen molar-refractivity contribution in [2.24, 2.45) is 5.73 Å². The molecule has 2 aromatic rings. The van der Waals surface area contributed by atoms with Crippen molar-refractivity contribution in [1.29, 1.82) is 0 Å². The second-order valence-electron chi connectivity index (χ2n) is 6.16. The summed E-state index contributed by atoms with van der Waals surface area (Å²) < 4.78 is 0. The molecule has 140 valence electrons. The molecule has 0 aliphatic heterocycles. The van der Waals surface area contributed by atoms with Crippen LogP contribution in [0.2, 0.25) is 0 Å². The van der Waals surface area contributed by atoms with Gasteiger partial charge in [0, 0.05) is 25.6 Å². The van der Waals surface area contributed by atoms with E-state index in [-0.39, 0.29) is 17.4 Å². The summed E-state index contributed by atoms with van der Waals surface area (Å²) in [6.07, 6.45) is 3.32. The predicted octanol–water partition coefficient (Wildman–Crippen LogP) is 2.79. The van der Waals surface area contributed by atoms with Gasteiger partial charge in [0.1, 0.15) is 0 Å². The van der Waals surface area contributed by atoms with Crippen LogP contribution in [0.15, 0.2) is 60.7 Å². The van der Waals surface area contributed by atoms with Crippen LogP contribution in [0.3, 0.4) is 0 Å². The molecule has 0 aromatic heterocycles. The molecule has 0 saturated heterocycles. The Morgan fingerprint density at radius 3 is 2.41 bits per heavy atom. The molecule has 2 rings (SSSR count). The van der Waals surface area contributed by atoms with Crippen LogP contribution in [0.1, 0.15) is 23.1 Å². The van der Waals surface area contributed by atoms with Crippen LogP contribution < -0.4 is 11.1 Å². The van der Waals surface area contributed by atoms with Crippen molar-refractivity contribution >= 4 is 35.2 Å². The van der Waals surface area contributed by atoms with E-state index < -0.39 is 5.91 Å². The van der Waals surface area contributed by atoms with E-state index in [4.69, 9.17) is 18.0 Å². The highest BCUT2D eigenvalue weighted by Gasteiger charge is 2.13. The third kappa shape index (κ3) is 7.42. The molecule has 0 aliphatic rings. The fourth-order valence-corrected chi connectivity index (χ4v) is 2.63. The maximum atomic E-state index is 12.2. The SMILES string of the molecule is Cc1ccc(/C=C/C(=O)NC(=S)N(CCC(N)=O)Cc2ccccc2)cc1. The number of amides is 2. The molecule has 0 heterocycles. The first-order valence-electron chi connectivity index (χ1n) is 8.61. The number of benzene rings is 2. The van der Waals surface area contributed by atoms with E-state index in [1.807, 2.05) is 61.5 Å². The van der Waals surface area contributed by atoms with Gasteiger partial charge in [0.05, 0.1) is 0 Å². The summed E-state index contributed by atoms with van der Waals surface area (Å²) in [5, 5.41) is 2.95. The Morgan fingerprint density at radius 2 is 1.78 bits per heavy atom. The fourth-order valence-electron chi connectivity index (χ4n) is 2.38. The van der Waals surface area contributed by atoms with Crippen molar-refractivity contribution in [3.63, 3.8) is 0 Å². The number of rotatable bonds is 7. The summed E-state index contributed by atoms with van der Waals surface area (Å²) in [5.74, 6) is -0.737. The van der Waals surface area contributed by atoms with E-state index in [1.165, 1.54) is 6.08 Å². The zero-order valence-corrected chi connectivity index (χ0v) is 16.0. The average Bonchev–Trinajstić information content (AvgIpc) is 2.65. The minimum atomic E-state index is -0.415. The van der Waals surface area contributed by atoms with Crippen molar-refractivity contribution < 1.29 is 9.59 Å². The zero-order valence-electron chi connectivity index (χ0n) is 15.2. The van der Waals surface area contributed by atoms with Gasteiger partial charge in [-0.05, 0) is 36.3 Å². The number of nitrogens with one attached hydrogen (secondary N) is 1. The Labute approximate surface area is 164 Å². The lowest BCUT2D eigenvalue weighted by Crippen LogP contribution is -2.43. The Kier molecular flexibility index (Phi) is 7.70. The average molecular weight is 382 g/mol. The number of nitrogens with two attached hydrogens (primary N) is 1. The Morgan fingerprint density at radius 1 is 1.11 bits per heavy atom. The maximum absolute atomic E-state index is 12.2. The number of hydrogen-bond acceptors (Lipinski definition) is 3. The summed E-state index contributed by atoms with van der Waals surface area (Å²) in [6.45, 7) is 2.83. The van der Waals surface area contributed by atoms with Gasteiger partial charge in [0.25, 0.3) is 0 Å². The van der Waals surface area contributed by atoms with Gasteiger partial charge in [0.15, 0.2) is 5.11 Å². The number of hydrogen-bond donors (Lipinski definition) is 2. The van der Waals surface area contributed by atoms with Gasteiger partial charge in [0.2, 0.25) is 11.8 Å². The molecule has 0 aliphatic carbocycles. The minimum absolute atomic E-state index is 0.155. The summed E-state index contributed by atoms with van der Waals surface area (Å²) in [7, 11) is 0. The Bertz CT molecular complexity index is 817. The van der Waals surface area contributed by atoms with E-state index in [1.54, 1.807) is 11.0 Å². The van der Waals surface area contributed by atoms with E-state index in [0.29, 0.717) is 13.1 Å². The highest BCUT2D eigenvalue weighted by molar-refractivity contribution is 7.80. The number of nitrogens with zero attached hydrogens (tertiary/aromatic N) is 1. The molecule has 5 nitrogen and oxygen atoms in total. The van der Waals surface area contributed by atoms with Crippen LogP contribution in [0.4, 0.5) is 0 Å². The first-order chi connectivity index (χ1) is 12.9.